The number of benzene rings is 2. The third kappa shape index (κ3) is 2.65. The molecule has 0 spiro atoms. The molecule has 0 saturated carbocycles. The van der Waals surface area contributed by atoms with Gasteiger partial charge < -0.3 is 4.98 Å². The highest BCUT2D eigenvalue weighted by Crippen LogP contribution is 2.31. The van der Waals surface area contributed by atoms with Crippen molar-refractivity contribution in [2.75, 3.05) is 0 Å². The third-order valence-electron chi connectivity index (χ3n) is 4.10. The molecule has 0 aliphatic rings. The molecule has 4 rings (SSSR count). The molecule has 0 saturated heterocycles. The molecule has 1 N–H and O–H groups in total. The number of H-pyrrole nitrogens is 1. The lowest BCUT2D eigenvalue weighted by Gasteiger charge is -2.02. The van der Waals surface area contributed by atoms with Gasteiger partial charge in [-0.05, 0) is 23.6 Å². The molecule has 2 heterocycles. The molecule has 0 bridgehead atoms. The fourth-order valence-electron chi connectivity index (χ4n) is 2.71. The summed E-state index contributed by atoms with van der Waals surface area (Å²) in [7, 11) is 0. The summed E-state index contributed by atoms with van der Waals surface area (Å²) in [5.74, 6) is 0.622. The molecule has 4 aromatic rings. The zero-order valence-electron chi connectivity index (χ0n) is 13.2. The van der Waals surface area contributed by atoms with Crippen molar-refractivity contribution in [1.82, 2.24) is 9.97 Å². The van der Waals surface area contributed by atoms with Crippen LogP contribution < -0.4 is 5.56 Å². The number of nitrogens with zero attached hydrogens (tertiary/aromatic N) is 1. The van der Waals surface area contributed by atoms with E-state index in [1.165, 1.54) is 5.56 Å². The van der Waals surface area contributed by atoms with Crippen LogP contribution in [0.3, 0.4) is 0 Å². The first-order valence-corrected chi connectivity index (χ1v) is 8.75. The van der Waals surface area contributed by atoms with Crippen molar-refractivity contribution in [2.24, 2.45) is 0 Å². The second-order valence-corrected chi connectivity index (χ2v) is 6.69. The highest BCUT2D eigenvalue weighted by atomic mass is 32.1. The summed E-state index contributed by atoms with van der Waals surface area (Å²) < 4.78 is 0. The van der Waals surface area contributed by atoms with Gasteiger partial charge in [-0.1, -0.05) is 61.5 Å². The maximum Gasteiger partial charge on any atom is 0.259 e. The average Bonchev–Trinajstić information content (AvgIpc) is 3.07. The SMILES string of the molecule is CCc1ccc(-c2nc3sc(-c4ccccc4)cc3c(=O)[nH]2)cc1. The Morgan fingerprint density at radius 2 is 1.75 bits per heavy atom. The predicted octanol–water partition coefficient (Wildman–Crippen LogP) is 4.88. The Bertz CT molecular complexity index is 1050. The largest absolute Gasteiger partial charge is 0.306 e. The lowest BCUT2D eigenvalue weighted by molar-refractivity contribution is 1.13. The molecule has 3 nitrogen and oxygen atoms in total. The topological polar surface area (TPSA) is 45.8 Å². The van der Waals surface area contributed by atoms with E-state index in [1.54, 1.807) is 11.3 Å². The van der Waals surface area contributed by atoms with Gasteiger partial charge >= 0.3 is 0 Å². The second-order valence-electron chi connectivity index (χ2n) is 5.66. The molecule has 0 fully saturated rings. The Balaban J connectivity index is 1.83. The Morgan fingerprint density at radius 3 is 2.46 bits per heavy atom. The number of nitrogens with one attached hydrogen (secondary N) is 1. The summed E-state index contributed by atoms with van der Waals surface area (Å²) in [5.41, 5.74) is 3.22. The lowest BCUT2D eigenvalue weighted by atomic mass is 10.1. The van der Waals surface area contributed by atoms with Gasteiger partial charge in [-0.2, -0.15) is 0 Å². The summed E-state index contributed by atoms with van der Waals surface area (Å²) in [6.45, 7) is 2.12. The van der Waals surface area contributed by atoms with Gasteiger partial charge in [0.2, 0.25) is 0 Å². The zero-order valence-corrected chi connectivity index (χ0v) is 14.1. The number of thiophene rings is 1. The molecular weight excluding hydrogens is 316 g/mol. The van der Waals surface area contributed by atoms with E-state index < -0.39 is 0 Å². The molecule has 0 radical (unpaired) electrons. The molecule has 24 heavy (non-hydrogen) atoms. The van der Waals surface area contributed by atoms with Gasteiger partial charge in [-0.3, -0.25) is 4.79 Å². The summed E-state index contributed by atoms with van der Waals surface area (Å²) >= 11 is 1.55. The van der Waals surface area contributed by atoms with E-state index in [2.05, 4.69) is 29.0 Å². The number of hydrogen-bond acceptors (Lipinski definition) is 3. The van der Waals surface area contributed by atoms with E-state index in [9.17, 15) is 4.79 Å². The van der Waals surface area contributed by atoms with Crippen LogP contribution in [0.5, 0.6) is 0 Å². The summed E-state index contributed by atoms with van der Waals surface area (Å²) in [5, 5.41) is 0.646. The number of aromatic nitrogens is 2. The molecule has 0 aliphatic heterocycles. The molecule has 4 heteroatoms. The van der Waals surface area contributed by atoms with Crippen LogP contribution in [0.25, 0.3) is 32.0 Å². The minimum Gasteiger partial charge on any atom is -0.306 e. The van der Waals surface area contributed by atoms with Gasteiger partial charge in [-0.25, -0.2) is 4.98 Å². The lowest BCUT2D eigenvalue weighted by Crippen LogP contribution is -2.07. The Morgan fingerprint density at radius 1 is 1.00 bits per heavy atom. The van der Waals surface area contributed by atoms with Crippen molar-refractivity contribution < 1.29 is 0 Å². The van der Waals surface area contributed by atoms with E-state index in [4.69, 9.17) is 0 Å². The number of aromatic amines is 1. The molecule has 0 amide bonds. The minimum absolute atomic E-state index is 0.0898. The van der Waals surface area contributed by atoms with E-state index in [0.29, 0.717) is 11.2 Å². The summed E-state index contributed by atoms with van der Waals surface area (Å²) in [6, 6.07) is 20.2. The molecule has 0 aliphatic carbocycles. The fraction of sp³-hybridized carbons (Fsp3) is 0.100. The Kier molecular flexibility index (Phi) is 3.75. The number of hydrogen-bond donors (Lipinski definition) is 1. The van der Waals surface area contributed by atoms with Crippen LogP contribution >= 0.6 is 11.3 Å². The van der Waals surface area contributed by atoms with Crippen LogP contribution in [0.4, 0.5) is 0 Å². The number of fused-ring (bicyclic) bond motifs is 1. The molecule has 0 atom stereocenters. The third-order valence-corrected chi connectivity index (χ3v) is 5.17. The molecule has 2 aromatic heterocycles. The van der Waals surface area contributed by atoms with E-state index in [1.807, 2.05) is 48.5 Å². The molecule has 0 unspecified atom stereocenters. The molecule has 2 aromatic carbocycles. The highest BCUT2D eigenvalue weighted by Gasteiger charge is 2.11. The zero-order chi connectivity index (χ0) is 16.5. The highest BCUT2D eigenvalue weighted by molar-refractivity contribution is 7.21. The van der Waals surface area contributed by atoms with Crippen molar-refractivity contribution in [3.8, 4) is 21.8 Å². The Hall–Kier alpha value is -2.72. The van der Waals surface area contributed by atoms with Gasteiger partial charge in [0.15, 0.2) is 0 Å². The summed E-state index contributed by atoms with van der Waals surface area (Å²) in [6.07, 6.45) is 0.995. The van der Waals surface area contributed by atoms with Gasteiger partial charge in [-0.15, -0.1) is 11.3 Å². The maximum absolute atomic E-state index is 12.5. The van der Waals surface area contributed by atoms with Gasteiger partial charge in [0.05, 0.1) is 5.39 Å². The molecule has 118 valence electrons. The van der Waals surface area contributed by atoms with Gasteiger partial charge in [0.25, 0.3) is 5.56 Å². The van der Waals surface area contributed by atoms with E-state index in [0.717, 1.165) is 27.3 Å². The second kappa shape index (κ2) is 6.06. The van der Waals surface area contributed by atoms with Gasteiger partial charge in [0, 0.05) is 10.4 Å². The summed E-state index contributed by atoms with van der Waals surface area (Å²) in [4.78, 5) is 21.9. The van der Waals surface area contributed by atoms with Crippen LogP contribution in [0.15, 0.2) is 65.5 Å². The number of rotatable bonds is 3. The van der Waals surface area contributed by atoms with Crippen molar-refractivity contribution >= 4 is 21.6 Å². The maximum atomic E-state index is 12.5. The average molecular weight is 332 g/mol. The van der Waals surface area contributed by atoms with Crippen molar-refractivity contribution in [3.05, 3.63) is 76.6 Å². The van der Waals surface area contributed by atoms with Crippen LogP contribution in [-0.2, 0) is 6.42 Å². The van der Waals surface area contributed by atoms with Crippen LogP contribution in [0.2, 0.25) is 0 Å². The quantitative estimate of drug-likeness (QED) is 0.581. The first-order chi connectivity index (χ1) is 11.7. The van der Waals surface area contributed by atoms with Gasteiger partial charge in [0.1, 0.15) is 10.7 Å². The van der Waals surface area contributed by atoms with Crippen LogP contribution in [0.1, 0.15) is 12.5 Å². The molecular formula is C20H16N2OS. The monoisotopic (exact) mass is 332 g/mol. The Labute approximate surface area is 143 Å². The standard InChI is InChI=1S/C20H16N2OS/c1-2-13-8-10-15(11-9-13)18-21-19(23)16-12-17(24-20(16)22-18)14-6-4-3-5-7-14/h3-12H,2H2,1H3,(H,21,22,23). The predicted molar refractivity (Wildman–Crippen MR) is 100 cm³/mol. The van der Waals surface area contributed by atoms with Crippen molar-refractivity contribution in [2.45, 2.75) is 13.3 Å². The first-order valence-electron chi connectivity index (χ1n) is 7.93. The van der Waals surface area contributed by atoms with Crippen LogP contribution in [0, 0.1) is 0 Å². The van der Waals surface area contributed by atoms with Crippen molar-refractivity contribution in [1.29, 1.82) is 0 Å². The van der Waals surface area contributed by atoms with Crippen LogP contribution in [-0.4, -0.2) is 9.97 Å². The minimum atomic E-state index is -0.0898. The smallest absolute Gasteiger partial charge is 0.259 e. The number of aryl methyl sites for hydroxylation is 1. The fourth-order valence-corrected chi connectivity index (χ4v) is 3.75. The normalized spacial score (nSPS) is 11.0. The van der Waals surface area contributed by atoms with E-state index in [-0.39, 0.29) is 5.56 Å². The van der Waals surface area contributed by atoms with Crippen molar-refractivity contribution in [3.63, 3.8) is 0 Å². The first kappa shape index (κ1) is 14.8. The van der Waals surface area contributed by atoms with E-state index >= 15 is 0 Å².